The molecule has 3 heteroatoms. The largest absolute Gasteiger partial charge is 0.381 e. The summed E-state index contributed by atoms with van der Waals surface area (Å²) in [5.41, 5.74) is 0. The highest BCUT2D eigenvalue weighted by atomic mass is 16.5. The first-order chi connectivity index (χ1) is 5.24. The molecule has 0 saturated carbocycles. The lowest BCUT2D eigenvalue weighted by atomic mass is 10.3. The Morgan fingerprint density at radius 3 is 2.91 bits per heavy atom. The van der Waals surface area contributed by atoms with E-state index < -0.39 is 0 Å². The van der Waals surface area contributed by atoms with E-state index in [-0.39, 0.29) is 6.10 Å². The number of imidazole rings is 1. The fourth-order valence-electron chi connectivity index (χ4n) is 0.996. The van der Waals surface area contributed by atoms with Gasteiger partial charge in [0.15, 0.2) is 0 Å². The van der Waals surface area contributed by atoms with Crippen molar-refractivity contribution in [1.29, 1.82) is 0 Å². The zero-order valence-corrected chi connectivity index (χ0v) is 7.29. The van der Waals surface area contributed by atoms with E-state index in [2.05, 4.69) is 16.5 Å². The molecule has 11 heavy (non-hydrogen) atoms. The summed E-state index contributed by atoms with van der Waals surface area (Å²) < 4.78 is 7.21. The number of H-pyrrole nitrogens is 1. The van der Waals surface area contributed by atoms with Gasteiger partial charge in [0, 0.05) is 7.11 Å². The van der Waals surface area contributed by atoms with Gasteiger partial charge in [-0.15, -0.1) is 0 Å². The Morgan fingerprint density at radius 2 is 2.45 bits per heavy atom. The maximum atomic E-state index is 5.15. The monoisotopic (exact) mass is 155 g/mol. The van der Waals surface area contributed by atoms with Gasteiger partial charge in [-0.1, -0.05) is 0 Å². The molecule has 1 N–H and O–H groups in total. The number of rotatable bonds is 3. The van der Waals surface area contributed by atoms with Crippen LogP contribution >= 0.6 is 0 Å². The van der Waals surface area contributed by atoms with Gasteiger partial charge in [-0.3, -0.25) is 0 Å². The Labute approximate surface area is 67.0 Å². The minimum absolute atomic E-state index is 0.278. The van der Waals surface area contributed by atoms with Crippen LogP contribution in [0.5, 0.6) is 0 Å². The highest BCUT2D eigenvalue weighted by molar-refractivity contribution is 4.79. The Kier molecular flexibility index (Phi) is 2.65. The Bertz CT molecular complexity index is 220. The number of nitrogens with one attached hydrogen (secondary N) is 1. The third-order valence-electron chi connectivity index (χ3n) is 1.86. The van der Waals surface area contributed by atoms with E-state index in [9.17, 15) is 0 Å². The van der Waals surface area contributed by atoms with E-state index in [1.54, 1.807) is 7.11 Å². The summed E-state index contributed by atoms with van der Waals surface area (Å²) in [6, 6.07) is 0. The fraction of sp³-hybridized carbons (Fsp3) is 0.625. The lowest BCUT2D eigenvalue weighted by molar-refractivity contribution is -0.678. The van der Waals surface area contributed by atoms with Crippen molar-refractivity contribution in [3.8, 4) is 0 Å². The van der Waals surface area contributed by atoms with Crippen molar-refractivity contribution in [3.05, 3.63) is 18.2 Å². The minimum Gasteiger partial charge on any atom is -0.381 e. The molecule has 1 heterocycles. The molecule has 1 aromatic heterocycles. The van der Waals surface area contributed by atoms with Crippen LogP contribution in [0, 0.1) is 0 Å². The van der Waals surface area contributed by atoms with Gasteiger partial charge in [0.2, 0.25) is 0 Å². The number of aryl methyl sites for hydroxylation is 1. The lowest BCUT2D eigenvalue weighted by Gasteiger charge is -2.04. The van der Waals surface area contributed by atoms with Gasteiger partial charge >= 0.3 is 0 Å². The Hall–Kier alpha value is -0.830. The summed E-state index contributed by atoms with van der Waals surface area (Å²) in [4.78, 5) is 3.15. The number of aromatic amines is 1. The molecule has 0 amide bonds. The van der Waals surface area contributed by atoms with E-state index in [1.165, 1.54) is 5.82 Å². The normalized spacial score (nSPS) is 13.4. The van der Waals surface area contributed by atoms with Crippen molar-refractivity contribution in [2.24, 2.45) is 7.05 Å². The maximum Gasteiger partial charge on any atom is 0.256 e. The van der Waals surface area contributed by atoms with Gasteiger partial charge < -0.3 is 4.74 Å². The first-order valence-corrected chi connectivity index (χ1v) is 3.78. The second-order valence-corrected chi connectivity index (χ2v) is 2.77. The maximum absolute atomic E-state index is 5.15. The van der Waals surface area contributed by atoms with Gasteiger partial charge in [-0.2, -0.15) is 0 Å². The van der Waals surface area contributed by atoms with Gasteiger partial charge in [0.1, 0.15) is 12.4 Å². The van der Waals surface area contributed by atoms with Crippen molar-refractivity contribution in [1.82, 2.24) is 4.98 Å². The van der Waals surface area contributed by atoms with Crippen LogP contribution in [0.2, 0.25) is 0 Å². The molecule has 1 unspecified atom stereocenters. The molecule has 0 saturated heterocycles. The smallest absolute Gasteiger partial charge is 0.256 e. The van der Waals surface area contributed by atoms with Crippen molar-refractivity contribution in [3.63, 3.8) is 0 Å². The van der Waals surface area contributed by atoms with Crippen LogP contribution in [0.15, 0.2) is 12.4 Å². The van der Waals surface area contributed by atoms with Crippen LogP contribution in [0.3, 0.4) is 0 Å². The molecule has 0 aliphatic carbocycles. The summed E-state index contributed by atoms with van der Waals surface area (Å²) in [6.45, 7) is 2.06. The molecule has 1 aromatic rings. The quantitative estimate of drug-likeness (QED) is 0.630. The van der Waals surface area contributed by atoms with Crippen LogP contribution in [-0.2, 0) is 18.2 Å². The number of methoxy groups -OCH3 is 1. The zero-order valence-electron chi connectivity index (χ0n) is 7.29. The summed E-state index contributed by atoms with van der Waals surface area (Å²) >= 11 is 0. The highest BCUT2D eigenvalue weighted by Crippen LogP contribution is 1.96. The molecular weight excluding hydrogens is 140 g/mol. The molecule has 0 bridgehead atoms. The Morgan fingerprint density at radius 1 is 1.73 bits per heavy atom. The third-order valence-corrected chi connectivity index (χ3v) is 1.86. The molecular formula is C8H15N2O+. The van der Waals surface area contributed by atoms with Crippen molar-refractivity contribution in [2.75, 3.05) is 7.11 Å². The van der Waals surface area contributed by atoms with E-state index >= 15 is 0 Å². The van der Waals surface area contributed by atoms with Crippen LogP contribution in [0.25, 0.3) is 0 Å². The Balaban J connectivity index is 2.56. The van der Waals surface area contributed by atoms with E-state index in [4.69, 9.17) is 4.74 Å². The summed E-state index contributed by atoms with van der Waals surface area (Å²) in [5, 5.41) is 0. The van der Waals surface area contributed by atoms with Gasteiger partial charge in [0.25, 0.3) is 5.82 Å². The predicted molar refractivity (Wildman–Crippen MR) is 42.1 cm³/mol. The molecule has 0 aliphatic heterocycles. The van der Waals surface area contributed by atoms with Gasteiger partial charge in [-0.25, -0.2) is 9.55 Å². The number of aromatic nitrogens is 2. The molecule has 3 nitrogen and oxygen atoms in total. The molecule has 1 atom stereocenters. The number of ether oxygens (including phenoxy) is 1. The van der Waals surface area contributed by atoms with Crippen LogP contribution in [0.4, 0.5) is 0 Å². The molecule has 0 fully saturated rings. The summed E-state index contributed by atoms with van der Waals surface area (Å²) in [5.74, 6) is 1.19. The molecule has 1 rings (SSSR count). The van der Waals surface area contributed by atoms with Crippen LogP contribution in [0.1, 0.15) is 12.7 Å². The first kappa shape index (κ1) is 8.27. The number of hydrogen-bond acceptors (Lipinski definition) is 1. The second-order valence-electron chi connectivity index (χ2n) is 2.77. The minimum atomic E-state index is 0.278. The molecule has 0 aromatic carbocycles. The summed E-state index contributed by atoms with van der Waals surface area (Å²) in [6.07, 6.45) is 5.13. The number of hydrogen-bond donors (Lipinski definition) is 1. The van der Waals surface area contributed by atoms with Gasteiger partial charge in [-0.05, 0) is 6.92 Å². The van der Waals surface area contributed by atoms with Crippen molar-refractivity contribution in [2.45, 2.75) is 19.4 Å². The first-order valence-electron chi connectivity index (χ1n) is 3.78. The zero-order chi connectivity index (χ0) is 8.27. The SMILES string of the molecule is COC(C)Cc1[nH]cc[n+]1C. The van der Waals surface area contributed by atoms with Crippen LogP contribution < -0.4 is 4.57 Å². The topological polar surface area (TPSA) is 28.9 Å². The van der Waals surface area contributed by atoms with Crippen molar-refractivity contribution < 1.29 is 9.30 Å². The predicted octanol–water partition coefficient (Wildman–Crippen LogP) is 0.417. The fourth-order valence-corrected chi connectivity index (χ4v) is 0.996. The third kappa shape index (κ3) is 2.05. The van der Waals surface area contributed by atoms with E-state index in [1.807, 2.05) is 19.4 Å². The second kappa shape index (κ2) is 3.53. The molecule has 0 radical (unpaired) electrons. The van der Waals surface area contributed by atoms with E-state index in [0.717, 1.165) is 6.42 Å². The average Bonchev–Trinajstić information content (AvgIpc) is 2.37. The van der Waals surface area contributed by atoms with E-state index in [0.29, 0.717) is 0 Å². The molecule has 0 aliphatic rings. The molecule has 0 spiro atoms. The summed E-state index contributed by atoms with van der Waals surface area (Å²) in [7, 11) is 3.75. The standard InChI is InChI=1S/C8H14N2O/c1-7(11-3)6-8-9-4-5-10(8)2/h4-5,7H,6H2,1-3H3/p+1. The van der Waals surface area contributed by atoms with Gasteiger partial charge in [0.05, 0.1) is 19.6 Å². The van der Waals surface area contributed by atoms with Crippen molar-refractivity contribution >= 4 is 0 Å². The number of nitrogens with zero attached hydrogens (tertiary/aromatic N) is 1. The average molecular weight is 155 g/mol. The lowest BCUT2D eigenvalue weighted by Crippen LogP contribution is -2.32. The van der Waals surface area contributed by atoms with Crippen LogP contribution in [-0.4, -0.2) is 18.2 Å². The highest BCUT2D eigenvalue weighted by Gasteiger charge is 2.10. The molecule has 62 valence electrons.